The summed E-state index contributed by atoms with van der Waals surface area (Å²) >= 11 is 0. The molecule has 0 atom stereocenters. The average molecular weight is 201 g/mol. The van der Waals surface area contributed by atoms with Gasteiger partial charge in [0.15, 0.2) is 0 Å². The van der Waals surface area contributed by atoms with Crippen LogP contribution in [0.25, 0.3) is 0 Å². The van der Waals surface area contributed by atoms with Crippen LogP contribution in [0.3, 0.4) is 0 Å². The molecule has 1 saturated heterocycles. The maximum atomic E-state index is 8.78. The Morgan fingerprint density at radius 2 is 1.71 bits per heavy atom. The van der Waals surface area contributed by atoms with E-state index < -0.39 is 0 Å². The average Bonchev–Trinajstić information content (AvgIpc) is 2.14. The number of hydrogen-bond donors (Lipinski definition) is 1. The van der Waals surface area contributed by atoms with E-state index in [0.717, 1.165) is 33.0 Å². The highest BCUT2D eigenvalue weighted by Crippen LogP contribution is 2.06. The van der Waals surface area contributed by atoms with Gasteiger partial charge in [-0.2, -0.15) is 0 Å². The second-order valence-electron chi connectivity index (χ2n) is 4.15. The Labute approximate surface area is 87.1 Å². The summed E-state index contributed by atoms with van der Waals surface area (Å²) in [7, 11) is 2.15. The van der Waals surface area contributed by atoms with Crippen molar-refractivity contribution < 1.29 is 5.11 Å². The lowest BCUT2D eigenvalue weighted by atomic mass is 10.3. The van der Waals surface area contributed by atoms with Gasteiger partial charge in [0.1, 0.15) is 0 Å². The molecule has 1 aliphatic rings. The monoisotopic (exact) mass is 201 g/mol. The number of rotatable bonds is 5. The summed E-state index contributed by atoms with van der Waals surface area (Å²) in [6.07, 6.45) is 2.09. The molecule has 4 heteroatoms. The van der Waals surface area contributed by atoms with Crippen LogP contribution in [-0.2, 0) is 0 Å². The molecule has 0 unspecified atom stereocenters. The van der Waals surface area contributed by atoms with Crippen LogP contribution in [0.4, 0.5) is 0 Å². The zero-order valence-corrected chi connectivity index (χ0v) is 9.45. The van der Waals surface area contributed by atoms with Crippen molar-refractivity contribution in [2.75, 3.05) is 46.8 Å². The Bertz CT molecular complexity index is 154. The molecule has 1 heterocycles. The molecule has 0 radical (unpaired) electrons. The number of aliphatic hydroxyl groups excluding tert-OH is 1. The van der Waals surface area contributed by atoms with Gasteiger partial charge in [-0.1, -0.05) is 6.92 Å². The third-order valence-electron chi connectivity index (χ3n) is 2.46. The maximum absolute atomic E-state index is 8.78. The van der Waals surface area contributed by atoms with E-state index in [-0.39, 0.29) is 0 Å². The van der Waals surface area contributed by atoms with Crippen molar-refractivity contribution in [1.29, 1.82) is 0 Å². The quantitative estimate of drug-likeness (QED) is 0.688. The Morgan fingerprint density at radius 1 is 1.07 bits per heavy atom. The van der Waals surface area contributed by atoms with Crippen molar-refractivity contribution in [3.63, 3.8) is 0 Å². The minimum atomic E-state index is 0.300. The Hall–Kier alpha value is -0.160. The first-order valence-electron chi connectivity index (χ1n) is 5.50. The second-order valence-corrected chi connectivity index (χ2v) is 4.15. The summed E-state index contributed by atoms with van der Waals surface area (Å²) in [4.78, 5) is 7.15. The first kappa shape index (κ1) is 11.9. The molecular formula is C10H23N3O. The van der Waals surface area contributed by atoms with Crippen LogP contribution >= 0.6 is 0 Å². The van der Waals surface area contributed by atoms with Crippen molar-refractivity contribution in [1.82, 2.24) is 14.7 Å². The van der Waals surface area contributed by atoms with Gasteiger partial charge < -0.3 is 5.11 Å². The summed E-state index contributed by atoms with van der Waals surface area (Å²) < 4.78 is 0. The van der Waals surface area contributed by atoms with Crippen molar-refractivity contribution in [2.45, 2.75) is 19.8 Å². The fourth-order valence-corrected chi connectivity index (χ4v) is 1.99. The molecule has 1 rings (SSSR count). The maximum Gasteiger partial charge on any atom is 0.0530 e. The van der Waals surface area contributed by atoms with Gasteiger partial charge >= 0.3 is 0 Å². The molecule has 1 aliphatic heterocycles. The third-order valence-corrected chi connectivity index (χ3v) is 2.46. The molecular weight excluding hydrogens is 178 g/mol. The lowest BCUT2D eigenvalue weighted by molar-refractivity contribution is -0.0177. The highest BCUT2D eigenvalue weighted by Gasteiger charge is 2.19. The Kier molecular flexibility index (Phi) is 5.40. The molecule has 4 nitrogen and oxygen atoms in total. The first-order chi connectivity index (χ1) is 6.76. The van der Waals surface area contributed by atoms with Gasteiger partial charge in [0.05, 0.1) is 20.0 Å². The lowest BCUT2D eigenvalue weighted by Crippen LogP contribution is -2.53. The minimum absolute atomic E-state index is 0.300. The van der Waals surface area contributed by atoms with Crippen molar-refractivity contribution in [3.8, 4) is 0 Å². The summed E-state index contributed by atoms with van der Waals surface area (Å²) in [5.74, 6) is 0. The summed E-state index contributed by atoms with van der Waals surface area (Å²) in [5.41, 5.74) is 0. The van der Waals surface area contributed by atoms with E-state index in [0.29, 0.717) is 6.61 Å². The van der Waals surface area contributed by atoms with Crippen LogP contribution in [-0.4, -0.2) is 66.6 Å². The van der Waals surface area contributed by atoms with Crippen LogP contribution in [0.15, 0.2) is 0 Å². The normalized spacial score (nSPS) is 21.6. The van der Waals surface area contributed by atoms with Crippen molar-refractivity contribution in [3.05, 3.63) is 0 Å². The molecule has 0 bridgehead atoms. The zero-order valence-electron chi connectivity index (χ0n) is 9.45. The first-order valence-corrected chi connectivity index (χ1v) is 5.50. The van der Waals surface area contributed by atoms with Gasteiger partial charge in [-0.3, -0.25) is 14.7 Å². The molecule has 1 fully saturated rings. The van der Waals surface area contributed by atoms with Crippen molar-refractivity contribution >= 4 is 0 Å². The number of aliphatic hydroxyl groups is 1. The summed E-state index contributed by atoms with van der Waals surface area (Å²) in [6.45, 7) is 7.84. The molecule has 0 amide bonds. The van der Waals surface area contributed by atoms with Crippen LogP contribution in [0.5, 0.6) is 0 Å². The topological polar surface area (TPSA) is 30.0 Å². The van der Waals surface area contributed by atoms with E-state index >= 15 is 0 Å². The smallest absolute Gasteiger partial charge is 0.0530 e. The minimum Gasteiger partial charge on any atom is -0.396 e. The zero-order chi connectivity index (χ0) is 10.4. The number of nitrogens with zero attached hydrogens (tertiary/aromatic N) is 3. The Balaban J connectivity index is 2.29. The lowest BCUT2D eigenvalue weighted by Gasteiger charge is -2.40. The third kappa shape index (κ3) is 3.92. The van der Waals surface area contributed by atoms with E-state index in [9.17, 15) is 0 Å². The largest absolute Gasteiger partial charge is 0.396 e. The van der Waals surface area contributed by atoms with Crippen LogP contribution in [0.2, 0.25) is 0 Å². The molecule has 0 aromatic rings. The van der Waals surface area contributed by atoms with Gasteiger partial charge in [0.25, 0.3) is 0 Å². The van der Waals surface area contributed by atoms with Gasteiger partial charge in [-0.15, -0.1) is 0 Å². The Morgan fingerprint density at radius 3 is 2.29 bits per heavy atom. The van der Waals surface area contributed by atoms with Gasteiger partial charge in [0.2, 0.25) is 0 Å². The van der Waals surface area contributed by atoms with E-state index in [1.54, 1.807) is 0 Å². The molecule has 0 aliphatic carbocycles. The van der Waals surface area contributed by atoms with E-state index in [4.69, 9.17) is 5.11 Å². The highest BCUT2D eigenvalue weighted by molar-refractivity contribution is 4.66. The molecule has 0 saturated carbocycles. The van der Waals surface area contributed by atoms with Gasteiger partial charge in [0, 0.05) is 19.7 Å². The van der Waals surface area contributed by atoms with Gasteiger partial charge in [-0.25, -0.2) is 0 Å². The predicted molar refractivity (Wildman–Crippen MR) is 57.8 cm³/mol. The molecule has 14 heavy (non-hydrogen) atoms. The standard InChI is InChI=1S/C10H23N3O/c1-3-5-12-8-11(2)9-13(10-12)6-4-7-14/h14H,3-10H2,1-2H3. The molecule has 0 aromatic heterocycles. The van der Waals surface area contributed by atoms with E-state index in [2.05, 4.69) is 28.7 Å². The fourth-order valence-electron chi connectivity index (χ4n) is 1.99. The summed E-state index contributed by atoms with van der Waals surface area (Å²) in [6, 6.07) is 0. The fraction of sp³-hybridized carbons (Fsp3) is 1.00. The van der Waals surface area contributed by atoms with Crippen LogP contribution < -0.4 is 0 Å². The van der Waals surface area contributed by atoms with Gasteiger partial charge in [-0.05, 0) is 19.9 Å². The number of hydrogen-bond acceptors (Lipinski definition) is 4. The van der Waals surface area contributed by atoms with Crippen molar-refractivity contribution in [2.24, 2.45) is 0 Å². The second kappa shape index (κ2) is 6.35. The molecule has 84 valence electrons. The van der Waals surface area contributed by atoms with Crippen LogP contribution in [0, 0.1) is 0 Å². The molecule has 0 spiro atoms. The van der Waals surface area contributed by atoms with E-state index in [1.165, 1.54) is 13.0 Å². The highest BCUT2D eigenvalue weighted by atomic mass is 16.3. The summed E-state index contributed by atoms with van der Waals surface area (Å²) in [5, 5.41) is 8.78. The molecule has 1 N–H and O–H groups in total. The predicted octanol–water partition coefficient (Wildman–Crippen LogP) is 0.201. The SMILES string of the molecule is CCCN1CN(C)CN(CCCO)C1. The molecule has 0 aromatic carbocycles. The van der Waals surface area contributed by atoms with E-state index in [1.807, 2.05) is 0 Å². The van der Waals surface area contributed by atoms with Crippen LogP contribution in [0.1, 0.15) is 19.8 Å².